The van der Waals surface area contributed by atoms with E-state index in [1.54, 1.807) is 0 Å². The van der Waals surface area contributed by atoms with Crippen LogP contribution in [0.15, 0.2) is 59.6 Å². The van der Waals surface area contributed by atoms with Gasteiger partial charge in [0.25, 0.3) is 0 Å². The molecule has 0 radical (unpaired) electrons. The normalized spacial score (nSPS) is 16.8. The van der Waals surface area contributed by atoms with Crippen molar-refractivity contribution in [1.29, 1.82) is 0 Å². The summed E-state index contributed by atoms with van der Waals surface area (Å²) >= 11 is 0. The minimum absolute atomic E-state index is 0.582. The highest BCUT2D eigenvalue weighted by atomic mass is 16.5. The molecule has 1 saturated heterocycles. The van der Waals surface area contributed by atoms with Gasteiger partial charge in [0.2, 0.25) is 0 Å². The van der Waals surface area contributed by atoms with Crippen LogP contribution in [0.25, 0.3) is 0 Å². The molecular weight excluding hydrogens is 350 g/mol. The van der Waals surface area contributed by atoms with Crippen molar-refractivity contribution in [2.45, 2.75) is 26.5 Å². The standard InChI is InChI=1S/C23H31N3O2/c1-3-24-23(26(2)16-21-13-14-27-17-21)25-15-19-9-11-22(12-10-19)28-18-20-7-5-4-6-8-20/h4-12,21H,3,13-18H2,1-2H3,(H,24,25). The lowest BCUT2D eigenvalue weighted by Crippen LogP contribution is -2.41. The van der Waals surface area contributed by atoms with Gasteiger partial charge in [0.05, 0.1) is 13.2 Å². The summed E-state index contributed by atoms with van der Waals surface area (Å²) in [7, 11) is 2.10. The number of aliphatic imine (C=N–C) groups is 1. The zero-order valence-electron chi connectivity index (χ0n) is 16.9. The first kappa shape index (κ1) is 20.2. The van der Waals surface area contributed by atoms with Crippen molar-refractivity contribution in [2.75, 3.05) is 33.4 Å². The van der Waals surface area contributed by atoms with Crippen LogP contribution in [-0.2, 0) is 17.9 Å². The molecule has 0 amide bonds. The fraction of sp³-hybridized carbons (Fsp3) is 0.435. The van der Waals surface area contributed by atoms with E-state index in [-0.39, 0.29) is 0 Å². The van der Waals surface area contributed by atoms with Crippen LogP contribution in [0.1, 0.15) is 24.5 Å². The second-order valence-electron chi connectivity index (χ2n) is 7.20. The second-order valence-corrected chi connectivity index (χ2v) is 7.20. The molecule has 1 aliphatic rings. The average molecular weight is 382 g/mol. The van der Waals surface area contributed by atoms with Gasteiger partial charge in [-0.05, 0) is 36.6 Å². The van der Waals surface area contributed by atoms with E-state index in [0.717, 1.165) is 44.4 Å². The van der Waals surface area contributed by atoms with E-state index in [9.17, 15) is 0 Å². The molecule has 1 fully saturated rings. The van der Waals surface area contributed by atoms with Gasteiger partial charge in [-0.15, -0.1) is 0 Å². The molecular formula is C23H31N3O2. The molecule has 0 spiro atoms. The summed E-state index contributed by atoms with van der Waals surface area (Å²) in [6.07, 6.45) is 1.13. The van der Waals surface area contributed by atoms with Gasteiger partial charge < -0.3 is 19.7 Å². The predicted octanol–water partition coefficient (Wildman–Crippen LogP) is 3.70. The van der Waals surface area contributed by atoms with Crippen LogP contribution in [0.5, 0.6) is 5.75 Å². The Morgan fingerprint density at radius 1 is 1.14 bits per heavy atom. The van der Waals surface area contributed by atoms with Crippen molar-refractivity contribution in [1.82, 2.24) is 10.2 Å². The summed E-state index contributed by atoms with van der Waals surface area (Å²) < 4.78 is 11.3. The number of ether oxygens (including phenoxy) is 2. The highest BCUT2D eigenvalue weighted by Crippen LogP contribution is 2.16. The Bertz CT molecular complexity index is 725. The first-order valence-corrected chi connectivity index (χ1v) is 10.1. The maximum Gasteiger partial charge on any atom is 0.193 e. The largest absolute Gasteiger partial charge is 0.489 e. The van der Waals surface area contributed by atoms with Gasteiger partial charge in [-0.3, -0.25) is 0 Å². The van der Waals surface area contributed by atoms with Crippen LogP contribution in [-0.4, -0.2) is 44.2 Å². The Morgan fingerprint density at radius 3 is 2.61 bits per heavy atom. The molecule has 0 aromatic heterocycles. The van der Waals surface area contributed by atoms with Crippen molar-refractivity contribution in [3.8, 4) is 5.75 Å². The Labute approximate surface area is 168 Å². The maximum absolute atomic E-state index is 5.86. The number of hydrogen-bond donors (Lipinski definition) is 1. The van der Waals surface area contributed by atoms with Crippen LogP contribution < -0.4 is 10.1 Å². The van der Waals surface area contributed by atoms with E-state index >= 15 is 0 Å². The highest BCUT2D eigenvalue weighted by molar-refractivity contribution is 5.79. The van der Waals surface area contributed by atoms with Crippen molar-refractivity contribution < 1.29 is 9.47 Å². The molecule has 150 valence electrons. The van der Waals surface area contributed by atoms with Crippen LogP contribution >= 0.6 is 0 Å². The molecule has 28 heavy (non-hydrogen) atoms. The third-order valence-corrected chi connectivity index (χ3v) is 4.84. The summed E-state index contributed by atoms with van der Waals surface area (Å²) in [5, 5.41) is 3.39. The predicted molar refractivity (Wildman–Crippen MR) is 114 cm³/mol. The van der Waals surface area contributed by atoms with Crippen LogP contribution in [0.4, 0.5) is 0 Å². The smallest absolute Gasteiger partial charge is 0.193 e. The molecule has 5 heteroatoms. The average Bonchev–Trinajstić information content (AvgIpc) is 3.24. The third kappa shape index (κ3) is 6.27. The molecule has 1 unspecified atom stereocenters. The van der Waals surface area contributed by atoms with E-state index in [0.29, 0.717) is 19.1 Å². The SMILES string of the molecule is CCNC(=NCc1ccc(OCc2ccccc2)cc1)N(C)CC1CCOC1. The van der Waals surface area contributed by atoms with Gasteiger partial charge in [-0.1, -0.05) is 42.5 Å². The number of rotatable bonds is 8. The maximum atomic E-state index is 5.86. The minimum atomic E-state index is 0.582. The molecule has 2 aromatic rings. The summed E-state index contributed by atoms with van der Waals surface area (Å²) in [6.45, 7) is 6.89. The molecule has 5 nitrogen and oxygen atoms in total. The van der Waals surface area contributed by atoms with Crippen molar-refractivity contribution in [3.05, 3.63) is 65.7 Å². The van der Waals surface area contributed by atoms with Gasteiger partial charge in [0, 0.05) is 32.7 Å². The summed E-state index contributed by atoms with van der Waals surface area (Å²) in [5.74, 6) is 2.41. The van der Waals surface area contributed by atoms with Gasteiger partial charge >= 0.3 is 0 Å². The van der Waals surface area contributed by atoms with Crippen LogP contribution in [0.3, 0.4) is 0 Å². The van der Waals surface area contributed by atoms with E-state index < -0.39 is 0 Å². The van der Waals surface area contributed by atoms with Gasteiger partial charge in [0.1, 0.15) is 12.4 Å². The molecule has 0 bridgehead atoms. The van der Waals surface area contributed by atoms with Crippen molar-refractivity contribution in [3.63, 3.8) is 0 Å². The van der Waals surface area contributed by atoms with Gasteiger partial charge in [0.15, 0.2) is 5.96 Å². The molecule has 0 saturated carbocycles. The van der Waals surface area contributed by atoms with E-state index in [4.69, 9.17) is 14.5 Å². The van der Waals surface area contributed by atoms with E-state index in [2.05, 4.69) is 48.5 Å². The molecule has 0 aliphatic carbocycles. The monoisotopic (exact) mass is 381 g/mol. The molecule has 2 aromatic carbocycles. The zero-order valence-corrected chi connectivity index (χ0v) is 16.9. The Morgan fingerprint density at radius 2 is 1.93 bits per heavy atom. The zero-order chi connectivity index (χ0) is 19.6. The summed E-state index contributed by atoms with van der Waals surface area (Å²) in [6, 6.07) is 18.4. The van der Waals surface area contributed by atoms with Gasteiger partial charge in [-0.2, -0.15) is 0 Å². The summed E-state index contributed by atoms with van der Waals surface area (Å²) in [4.78, 5) is 7.01. The number of nitrogens with one attached hydrogen (secondary N) is 1. The number of hydrogen-bond acceptors (Lipinski definition) is 3. The number of guanidine groups is 1. The highest BCUT2D eigenvalue weighted by Gasteiger charge is 2.19. The Kier molecular flexibility index (Phi) is 7.73. The molecule has 1 heterocycles. The quantitative estimate of drug-likeness (QED) is 0.559. The second kappa shape index (κ2) is 10.7. The first-order chi connectivity index (χ1) is 13.7. The molecule has 1 N–H and O–H groups in total. The lowest BCUT2D eigenvalue weighted by atomic mass is 10.1. The topological polar surface area (TPSA) is 46.1 Å². The lowest BCUT2D eigenvalue weighted by molar-refractivity contribution is 0.181. The molecule has 1 atom stereocenters. The number of nitrogens with zero attached hydrogens (tertiary/aromatic N) is 2. The van der Waals surface area contributed by atoms with Crippen molar-refractivity contribution >= 4 is 5.96 Å². The van der Waals surface area contributed by atoms with E-state index in [1.165, 1.54) is 11.1 Å². The van der Waals surface area contributed by atoms with Gasteiger partial charge in [-0.25, -0.2) is 4.99 Å². The minimum Gasteiger partial charge on any atom is -0.489 e. The summed E-state index contributed by atoms with van der Waals surface area (Å²) in [5.41, 5.74) is 2.34. The molecule has 3 rings (SSSR count). The Balaban J connectivity index is 1.53. The third-order valence-electron chi connectivity index (χ3n) is 4.84. The van der Waals surface area contributed by atoms with Crippen LogP contribution in [0, 0.1) is 5.92 Å². The Hall–Kier alpha value is -2.53. The van der Waals surface area contributed by atoms with Crippen molar-refractivity contribution in [2.24, 2.45) is 10.9 Å². The lowest BCUT2D eigenvalue weighted by Gasteiger charge is -2.24. The fourth-order valence-corrected chi connectivity index (χ4v) is 3.27. The number of benzene rings is 2. The van der Waals surface area contributed by atoms with E-state index in [1.807, 2.05) is 30.3 Å². The first-order valence-electron chi connectivity index (χ1n) is 10.1. The van der Waals surface area contributed by atoms with Crippen LogP contribution in [0.2, 0.25) is 0 Å². The molecule has 1 aliphatic heterocycles. The fourth-order valence-electron chi connectivity index (χ4n) is 3.27.